The molecule has 4 rings (SSSR count). The summed E-state index contributed by atoms with van der Waals surface area (Å²) < 4.78 is 20.7. The first-order valence-electron chi connectivity index (χ1n) is 11.4. The van der Waals surface area contributed by atoms with Gasteiger partial charge in [-0.25, -0.2) is 19.2 Å². The molecule has 1 aliphatic heterocycles. The number of nitrogens with one attached hydrogen (secondary N) is 2. The number of anilines is 2. The lowest BCUT2D eigenvalue weighted by Crippen LogP contribution is -2.51. The lowest BCUT2D eigenvalue weighted by Gasteiger charge is -2.39. The van der Waals surface area contributed by atoms with Gasteiger partial charge in [0.1, 0.15) is 5.82 Å². The van der Waals surface area contributed by atoms with E-state index in [-0.39, 0.29) is 23.2 Å². The third-order valence-corrected chi connectivity index (χ3v) is 6.15. The highest BCUT2D eigenvalue weighted by Gasteiger charge is 2.32. The van der Waals surface area contributed by atoms with Crippen LogP contribution in [0.2, 0.25) is 0 Å². The number of carbonyl (C=O) groups is 1. The maximum Gasteiger partial charge on any atom is 0.322 e. The quantitative estimate of drug-likeness (QED) is 0.578. The van der Waals surface area contributed by atoms with Crippen LogP contribution >= 0.6 is 0 Å². The highest BCUT2D eigenvalue weighted by molar-refractivity contribution is 5.91. The molecule has 0 aliphatic carbocycles. The topological polar surface area (TPSA) is 92.3 Å². The van der Waals surface area contributed by atoms with Gasteiger partial charge in [-0.15, -0.1) is 0 Å². The monoisotopic (exact) mass is 466 g/mol. The van der Waals surface area contributed by atoms with Crippen LogP contribution in [0, 0.1) is 25.1 Å². The number of nitrogens with zero attached hydrogens (tertiary/aromatic N) is 4. The number of fused-ring (bicyclic) bond motifs is 1. The fourth-order valence-corrected chi connectivity index (χ4v) is 4.06. The zero-order valence-corrected chi connectivity index (χ0v) is 20.5. The molecule has 3 heterocycles. The van der Waals surface area contributed by atoms with E-state index in [1.54, 1.807) is 24.2 Å². The van der Waals surface area contributed by atoms with Gasteiger partial charge < -0.3 is 20.3 Å². The summed E-state index contributed by atoms with van der Waals surface area (Å²) in [7, 11) is 1.75. The highest BCUT2D eigenvalue weighted by Crippen LogP contribution is 2.33. The molecule has 2 aromatic heterocycles. The average Bonchev–Trinajstić information content (AvgIpc) is 2.79. The maximum absolute atomic E-state index is 14.9. The van der Waals surface area contributed by atoms with Crippen molar-refractivity contribution in [2.75, 3.05) is 37.4 Å². The van der Waals surface area contributed by atoms with Crippen molar-refractivity contribution in [1.29, 1.82) is 0 Å². The second-order valence-corrected chi connectivity index (χ2v) is 9.73. The minimum absolute atomic E-state index is 0.0811. The van der Waals surface area contributed by atoms with Gasteiger partial charge in [0.25, 0.3) is 0 Å². The van der Waals surface area contributed by atoms with E-state index in [2.05, 4.69) is 46.4 Å². The van der Waals surface area contributed by atoms with E-state index >= 15 is 0 Å². The fraction of sp³-hybridized carbons (Fsp3) is 0.440. The first kappa shape index (κ1) is 23.8. The van der Waals surface area contributed by atoms with E-state index in [4.69, 9.17) is 4.74 Å². The van der Waals surface area contributed by atoms with Crippen LogP contribution in [0.4, 0.5) is 20.8 Å². The summed E-state index contributed by atoms with van der Waals surface area (Å²) >= 11 is 0. The Kier molecular flexibility index (Phi) is 6.40. The second-order valence-electron chi connectivity index (χ2n) is 9.73. The van der Waals surface area contributed by atoms with E-state index in [9.17, 15) is 9.18 Å². The summed E-state index contributed by atoms with van der Waals surface area (Å²) in [5.74, 6) is 0.00977. The zero-order chi connectivity index (χ0) is 24.6. The number of morpholine rings is 1. The Morgan fingerprint density at radius 3 is 2.65 bits per heavy atom. The number of hydrogen-bond acceptors (Lipinski definition) is 6. The van der Waals surface area contributed by atoms with Gasteiger partial charge in [0, 0.05) is 43.0 Å². The van der Waals surface area contributed by atoms with Gasteiger partial charge in [-0.3, -0.25) is 0 Å². The number of rotatable bonds is 3. The molecule has 0 bridgehead atoms. The molecule has 3 aromatic rings. The van der Waals surface area contributed by atoms with Crippen molar-refractivity contribution in [3.8, 4) is 11.1 Å². The minimum Gasteiger partial charge on any atom is -0.374 e. The first-order chi connectivity index (χ1) is 16.1. The molecule has 1 atom stereocenters. The van der Waals surface area contributed by atoms with Crippen LogP contribution in [-0.2, 0) is 4.74 Å². The predicted molar refractivity (Wildman–Crippen MR) is 132 cm³/mol. The number of benzene rings is 1. The minimum atomic E-state index is -0.483. The number of pyridine rings is 1. The Labute approximate surface area is 199 Å². The summed E-state index contributed by atoms with van der Waals surface area (Å²) in [5.41, 5.74) is 3.73. The van der Waals surface area contributed by atoms with Gasteiger partial charge in [-0.1, -0.05) is 20.8 Å². The van der Waals surface area contributed by atoms with Gasteiger partial charge >= 0.3 is 6.03 Å². The summed E-state index contributed by atoms with van der Waals surface area (Å²) in [6.07, 6.45) is 1.62. The molecular weight excluding hydrogens is 435 g/mol. The van der Waals surface area contributed by atoms with Crippen molar-refractivity contribution in [3.05, 3.63) is 41.5 Å². The molecule has 1 fully saturated rings. The summed E-state index contributed by atoms with van der Waals surface area (Å²) in [4.78, 5) is 27.9. The number of aromatic nitrogens is 3. The first-order valence-corrected chi connectivity index (χ1v) is 11.4. The van der Waals surface area contributed by atoms with Crippen LogP contribution in [-0.4, -0.2) is 58.7 Å². The molecule has 2 amide bonds. The highest BCUT2D eigenvalue weighted by atomic mass is 19.1. The smallest absolute Gasteiger partial charge is 0.322 e. The normalized spacial score (nSPS) is 16.6. The van der Waals surface area contributed by atoms with Gasteiger partial charge in [-0.2, -0.15) is 4.98 Å². The molecule has 0 spiro atoms. The SMILES string of the molecule is CNc1ncc2cc(-c3cc(NC(=O)N4CCO[C@H](C(C)(C)C)C4)c(F)cc3C)c(C)nc2n1. The number of aryl methyl sites for hydroxylation is 2. The van der Waals surface area contributed by atoms with Gasteiger partial charge in [0.15, 0.2) is 5.65 Å². The maximum atomic E-state index is 14.9. The van der Waals surface area contributed by atoms with Crippen molar-refractivity contribution in [1.82, 2.24) is 19.9 Å². The van der Waals surface area contributed by atoms with Crippen molar-refractivity contribution >= 4 is 28.7 Å². The molecule has 180 valence electrons. The molecule has 1 aromatic carbocycles. The summed E-state index contributed by atoms with van der Waals surface area (Å²) in [6.45, 7) is 11.3. The van der Waals surface area contributed by atoms with Crippen molar-refractivity contribution in [2.45, 2.75) is 40.7 Å². The third-order valence-electron chi connectivity index (χ3n) is 6.15. The van der Waals surface area contributed by atoms with E-state index in [0.717, 1.165) is 27.8 Å². The van der Waals surface area contributed by atoms with Gasteiger partial charge in [-0.05, 0) is 48.6 Å². The third kappa shape index (κ3) is 4.79. The lowest BCUT2D eigenvalue weighted by atomic mass is 9.88. The van der Waals surface area contributed by atoms with Crippen LogP contribution in [0.3, 0.4) is 0 Å². The van der Waals surface area contributed by atoms with Crippen molar-refractivity contribution < 1.29 is 13.9 Å². The Morgan fingerprint density at radius 1 is 1.18 bits per heavy atom. The molecule has 2 N–H and O–H groups in total. The number of urea groups is 1. The van der Waals surface area contributed by atoms with Crippen LogP contribution in [0.1, 0.15) is 32.0 Å². The molecule has 0 saturated carbocycles. The molecule has 8 nitrogen and oxygen atoms in total. The second kappa shape index (κ2) is 9.13. The van der Waals surface area contributed by atoms with Gasteiger partial charge in [0.05, 0.1) is 18.4 Å². The molecule has 9 heteroatoms. The number of amides is 2. The summed E-state index contributed by atoms with van der Waals surface area (Å²) in [5, 5.41) is 6.45. The molecule has 0 unspecified atom stereocenters. The fourth-order valence-electron chi connectivity index (χ4n) is 4.06. The van der Waals surface area contributed by atoms with E-state index in [1.165, 1.54) is 6.07 Å². The molecule has 0 radical (unpaired) electrons. The standard InChI is InChI=1S/C25H31FN6O2/c1-14-9-19(26)20(30-24(33)32-7-8-34-21(13-32)25(3,4)5)11-17(14)18-10-16-12-28-23(27-6)31-22(16)29-15(18)2/h9-12,21H,7-8,13H2,1-6H3,(H,30,33)(H,27,28,29,31)/t21-/m0/s1. The molecule has 1 saturated heterocycles. The summed E-state index contributed by atoms with van der Waals surface area (Å²) in [6, 6.07) is 4.71. The number of halogens is 1. The number of ether oxygens (including phenoxy) is 1. The van der Waals surface area contributed by atoms with E-state index in [0.29, 0.717) is 31.3 Å². The molecule has 34 heavy (non-hydrogen) atoms. The Bertz CT molecular complexity index is 1240. The van der Waals surface area contributed by atoms with Crippen LogP contribution in [0.5, 0.6) is 0 Å². The van der Waals surface area contributed by atoms with Gasteiger partial charge in [0.2, 0.25) is 5.95 Å². The Balaban J connectivity index is 1.64. The number of carbonyl (C=O) groups excluding carboxylic acids is 1. The Morgan fingerprint density at radius 2 is 1.94 bits per heavy atom. The predicted octanol–water partition coefficient (Wildman–Crippen LogP) is 4.77. The van der Waals surface area contributed by atoms with Crippen LogP contribution < -0.4 is 10.6 Å². The number of hydrogen-bond donors (Lipinski definition) is 2. The van der Waals surface area contributed by atoms with Crippen molar-refractivity contribution in [2.24, 2.45) is 5.41 Å². The molecular formula is C25H31FN6O2. The van der Waals surface area contributed by atoms with E-state index in [1.807, 2.05) is 19.9 Å². The largest absolute Gasteiger partial charge is 0.374 e. The van der Waals surface area contributed by atoms with Crippen LogP contribution in [0.15, 0.2) is 24.4 Å². The van der Waals surface area contributed by atoms with Crippen molar-refractivity contribution in [3.63, 3.8) is 0 Å². The van der Waals surface area contributed by atoms with E-state index < -0.39 is 5.82 Å². The molecule has 1 aliphatic rings. The average molecular weight is 467 g/mol. The van der Waals surface area contributed by atoms with Crippen LogP contribution in [0.25, 0.3) is 22.2 Å². The zero-order valence-electron chi connectivity index (χ0n) is 20.5. The Hall–Kier alpha value is -3.33. The lowest BCUT2D eigenvalue weighted by molar-refractivity contribution is -0.0664.